The van der Waals surface area contributed by atoms with Gasteiger partial charge in [-0.2, -0.15) is 0 Å². The van der Waals surface area contributed by atoms with Gasteiger partial charge in [0.25, 0.3) is 0 Å². The number of ketones is 1. The number of hydrogen-bond donors (Lipinski definition) is 0. The average molecular weight is 197 g/mol. The van der Waals surface area contributed by atoms with E-state index in [1.54, 1.807) is 6.92 Å². The van der Waals surface area contributed by atoms with Gasteiger partial charge in [0.2, 0.25) is 0 Å². The Morgan fingerprint density at radius 2 is 2.00 bits per heavy atom. The van der Waals surface area contributed by atoms with Gasteiger partial charge in [0, 0.05) is 5.56 Å². The lowest BCUT2D eigenvalue weighted by Crippen LogP contribution is -2.12. The molecule has 1 rings (SSSR count). The molecule has 0 unspecified atom stereocenters. The molecule has 1 nitrogen and oxygen atoms in total. The summed E-state index contributed by atoms with van der Waals surface area (Å²) in [6.45, 7) is 5.59. The maximum atomic E-state index is 11.6. The van der Waals surface area contributed by atoms with Crippen LogP contribution in [-0.4, -0.2) is 11.2 Å². The normalized spacial score (nSPS) is 12.6. The van der Waals surface area contributed by atoms with Gasteiger partial charge >= 0.3 is 0 Å². The molecule has 0 aliphatic carbocycles. The van der Waals surface area contributed by atoms with Gasteiger partial charge in [-0.1, -0.05) is 17.7 Å². The van der Waals surface area contributed by atoms with Crippen LogP contribution in [0.5, 0.6) is 0 Å². The van der Waals surface area contributed by atoms with Crippen LogP contribution >= 0.6 is 11.6 Å². The van der Waals surface area contributed by atoms with Crippen LogP contribution in [0, 0.1) is 13.8 Å². The third-order valence-corrected chi connectivity index (χ3v) is 2.22. The minimum atomic E-state index is -0.444. The van der Waals surface area contributed by atoms with E-state index in [9.17, 15) is 4.79 Å². The summed E-state index contributed by atoms with van der Waals surface area (Å²) in [4.78, 5) is 11.6. The van der Waals surface area contributed by atoms with Crippen molar-refractivity contribution in [2.75, 3.05) is 0 Å². The predicted octanol–water partition coefficient (Wildman–Crippen LogP) is 3.11. The molecule has 13 heavy (non-hydrogen) atoms. The van der Waals surface area contributed by atoms with Gasteiger partial charge in [0.05, 0.1) is 5.38 Å². The zero-order valence-corrected chi connectivity index (χ0v) is 8.85. The molecule has 1 aromatic carbocycles. The number of rotatable bonds is 2. The van der Waals surface area contributed by atoms with Crippen molar-refractivity contribution in [2.24, 2.45) is 0 Å². The summed E-state index contributed by atoms with van der Waals surface area (Å²) in [6, 6.07) is 5.82. The van der Waals surface area contributed by atoms with E-state index in [4.69, 9.17) is 11.6 Å². The molecule has 1 aromatic rings. The molecule has 0 saturated heterocycles. The lowest BCUT2D eigenvalue weighted by molar-refractivity contribution is 0.0991. The highest BCUT2D eigenvalue weighted by atomic mass is 35.5. The Kier molecular flexibility index (Phi) is 3.10. The van der Waals surface area contributed by atoms with Crippen molar-refractivity contribution in [1.29, 1.82) is 0 Å². The Balaban J connectivity index is 3.13. The SMILES string of the molecule is Cc1ccc(C)c(C(=O)[C@H](C)Cl)c1. The van der Waals surface area contributed by atoms with Gasteiger partial charge in [-0.05, 0) is 32.4 Å². The van der Waals surface area contributed by atoms with Gasteiger partial charge < -0.3 is 0 Å². The average Bonchev–Trinajstić information content (AvgIpc) is 2.08. The van der Waals surface area contributed by atoms with E-state index in [0.29, 0.717) is 0 Å². The van der Waals surface area contributed by atoms with Crippen LogP contribution in [0.4, 0.5) is 0 Å². The van der Waals surface area contributed by atoms with Gasteiger partial charge in [-0.25, -0.2) is 0 Å². The monoisotopic (exact) mass is 196 g/mol. The van der Waals surface area contributed by atoms with E-state index < -0.39 is 5.38 Å². The van der Waals surface area contributed by atoms with E-state index in [2.05, 4.69) is 0 Å². The molecule has 1 atom stereocenters. The zero-order chi connectivity index (χ0) is 10.0. The third kappa shape index (κ3) is 2.31. The van der Waals surface area contributed by atoms with Crippen molar-refractivity contribution in [3.05, 3.63) is 34.9 Å². The quantitative estimate of drug-likeness (QED) is 0.525. The molecule has 0 saturated carbocycles. The summed E-state index contributed by atoms with van der Waals surface area (Å²) in [6.07, 6.45) is 0. The number of benzene rings is 1. The summed E-state index contributed by atoms with van der Waals surface area (Å²) in [5, 5.41) is -0.444. The van der Waals surface area contributed by atoms with Gasteiger partial charge in [-0.3, -0.25) is 4.79 Å². The molecule has 0 radical (unpaired) electrons. The molecular weight excluding hydrogens is 184 g/mol. The molecular formula is C11H13ClO. The molecule has 0 aromatic heterocycles. The lowest BCUT2D eigenvalue weighted by atomic mass is 10.0. The van der Waals surface area contributed by atoms with Crippen molar-refractivity contribution in [1.82, 2.24) is 0 Å². The van der Waals surface area contributed by atoms with Gasteiger partial charge in [-0.15, -0.1) is 11.6 Å². The molecule has 0 amide bonds. The first kappa shape index (κ1) is 10.3. The second-order valence-electron chi connectivity index (χ2n) is 3.30. The maximum Gasteiger partial charge on any atom is 0.180 e. The van der Waals surface area contributed by atoms with E-state index in [1.165, 1.54) is 0 Å². The predicted molar refractivity (Wildman–Crippen MR) is 55.6 cm³/mol. The fourth-order valence-corrected chi connectivity index (χ4v) is 1.33. The number of carbonyl (C=O) groups excluding carboxylic acids is 1. The molecule has 0 aliphatic rings. The first-order chi connectivity index (χ1) is 6.02. The molecule has 2 heteroatoms. The zero-order valence-electron chi connectivity index (χ0n) is 8.10. The van der Waals surface area contributed by atoms with E-state index in [1.807, 2.05) is 32.0 Å². The van der Waals surface area contributed by atoms with E-state index in [0.717, 1.165) is 16.7 Å². The van der Waals surface area contributed by atoms with Crippen LogP contribution in [0.3, 0.4) is 0 Å². The summed E-state index contributed by atoms with van der Waals surface area (Å²) < 4.78 is 0. The topological polar surface area (TPSA) is 17.1 Å². The molecule has 0 spiro atoms. The minimum absolute atomic E-state index is 0.00265. The van der Waals surface area contributed by atoms with Crippen LogP contribution in [-0.2, 0) is 0 Å². The Hall–Kier alpha value is -0.820. The highest BCUT2D eigenvalue weighted by Crippen LogP contribution is 2.14. The molecule has 0 aliphatic heterocycles. The van der Waals surface area contributed by atoms with Crippen LogP contribution in [0.25, 0.3) is 0 Å². The fraction of sp³-hybridized carbons (Fsp3) is 0.364. The van der Waals surface area contributed by atoms with E-state index in [-0.39, 0.29) is 5.78 Å². The van der Waals surface area contributed by atoms with Crippen molar-refractivity contribution in [3.8, 4) is 0 Å². The number of carbonyl (C=O) groups is 1. The Morgan fingerprint density at radius 1 is 1.38 bits per heavy atom. The number of Topliss-reactive ketones (excluding diaryl/α,β-unsaturated/α-hetero) is 1. The van der Waals surface area contributed by atoms with Crippen LogP contribution < -0.4 is 0 Å². The third-order valence-electron chi connectivity index (χ3n) is 2.02. The largest absolute Gasteiger partial charge is 0.293 e. The molecule has 0 heterocycles. The van der Waals surface area contributed by atoms with Crippen molar-refractivity contribution in [2.45, 2.75) is 26.1 Å². The van der Waals surface area contributed by atoms with E-state index >= 15 is 0 Å². The van der Waals surface area contributed by atoms with Crippen molar-refractivity contribution in [3.63, 3.8) is 0 Å². The Bertz CT molecular complexity index is 329. The van der Waals surface area contributed by atoms with Crippen LogP contribution in [0.2, 0.25) is 0 Å². The fourth-order valence-electron chi connectivity index (χ4n) is 1.22. The second kappa shape index (κ2) is 3.93. The molecule has 0 N–H and O–H groups in total. The number of aryl methyl sites for hydroxylation is 2. The summed E-state index contributed by atoms with van der Waals surface area (Å²) in [7, 11) is 0. The molecule has 70 valence electrons. The van der Waals surface area contributed by atoms with Crippen LogP contribution in [0.1, 0.15) is 28.4 Å². The smallest absolute Gasteiger partial charge is 0.180 e. The maximum absolute atomic E-state index is 11.6. The number of alkyl halides is 1. The summed E-state index contributed by atoms with van der Waals surface area (Å²) >= 11 is 5.74. The Labute approximate surface area is 83.7 Å². The molecule has 0 bridgehead atoms. The standard InChI is InChI=1S/C11H13ClO/c1-7-4-5-8(2)10(6-7)11(13)9(3)12/h4-6,9H,1-3H3/t9-/m0/s1. The highest BCUT2D eigenvalue weighted by Gasteiger charge is 2.14. The number of halogens is 1. The first-order valence-electron chi connectivity index (χ1n) is 4.28. The van der Waals surface area contributed by atoms with Gasteiger partial charge in [0.1, 0.15) is 0 Å². The van der Waals surface area contributed by atoms with Crippen LogP contribution in [0.15, 0.2) is 18.2 Å². The summed E-state index contributed by atoms with van der Waals surface area (Å²) in [5.41, 5.74) is 2.82. The minimum Gasteiger partial charge on any atom is -0.293 e. The summed E-state index contributed by atoms with van der Waals surface area (Å²) in [5.74, 6) is 0.00265. The van der Waals surface area contributed by atoms with Crippen molar-refractivity contribution >= 4 is 17.4 Å². The molecule has 0 fully saturated rings. The Morgan fingerprint density at radius 3 is 2.54 bits per heavy atom. The number of hydrogen-bond acceptors (Lipinski definition) is 1. The second-order valence-corrected chi connectivity index (χ2v) is 3.95. The highest BCUT2D eigenvalue weighted by molar-refractivity contribution is 6.33. The first-order valence-corrected chi connectivity index (χ1v) is 4.71. The van der Waals surface area contributed by atoms with Crippen molar-refractivity contribution < 1.29 is 4.79 Å². The lowest BCUT2D eigenvalue weighted by Gasteiger charge is -2.06. The van der Waals surface area contributed by atoms with Gasteiger partial charge in [0.15, 0.2) is 5.78 Å².